The lowest BCUT2D eigenvalue weighted by atomic mass is 10.1. The second kappa shape index (κ2) is 4.36. The van der Waals surface area contributed by atoms with Gasteiger partial charge in [0.2, 0.25) is 0 Å². The Morgan fingerprint density at radius 3 is 2.07 bits per heavy atom. The van der Waals surface area contributed by atoms with Crippen molar-refractivity contribution in [3.05, 3.63) is 0 Å². The molecule has 0 aromatic rings. The molecule has 1 spiro atoms. The van der Waals surface area contributed by atoms with Gasteiger partial charge in [0.15, 0.2) is 0 Å². The van der Waals surface area contributed by atoms with Gasteiger partial charge in [0.05, 0.1) is 8.07 Å². The number of hydrogen-bond acceptors (Lipinski definition) is 1. The minimum atomic E-state index is -0.652. The summed E-state index contributed by atoms with van der Waals surface area (Å²) < 4.78 is 0. The lowest BCUT2D eigenvalue weighted by Crippen LogP contribution is -2.43. The van der Waals surface area contributed by atoms with Crippen molar-refractivity contribution in [2.75, 3.05) is 0 Å². The molecule has 2 aliphatic heterocycles. The molecule has 0 aromatic heterocycles. The molecule has 2 rings (SSSR count). The van der Waals surface area contributed by atoms with Crippen LogP contribution in [0.1, 0.15) is 39.5 Å². The Bertz CT molecular complexity index is 175. The van der Waals surface area contributed by atoms with E-state index in [0.717, 1.165) is 6.04 Å². The molecule has 0 unspecified atom stereocenters. The minimum Gasteiger partial charge on any atom is -0.312 e. The van der Waals surface area contributed by atoms with E-state index in [9.17, 15) is 0 Å². The highest BCUT2D eigenvalue weighted by Crippen LogP contribution is 2.42. The molecule has 2 fully saturated rings. The van der Waals surface area contributed by atoms with E-state index in [4.69, 9.17) is 0 Å². The van der Waals surface area contributed by atoms with Gasteiger partial charge in [0, 0.05) is 12.1 Å². The fourth-order valence-electron chi connectivity index (χ4n) is 3.49. The number of rotatable bonds is 2. The van der Waals surface area contributed by atoms with E-state index in [1.165, 1.54) is 12.8 Å². The highest BCUT2D eigenvalue weighted by atomic mass is 28.3. The molecule has 0 amide bonds. The summed E-state index contributed by atoms with van der Waals surface area (Å²) in [6.07, 6.45) is 6.11. The van der Waals surface area contributed by atoms with Crippen LogP contribution in [0.4, 0.5) is 0 Å². The van der Waals surface area contributed by atoms with Gasteiger partial charge >= 0.3 is 0 Å². The molecule has 0 bridgehead atoms. The fraction of sp³-hybridized carbons (Fsp3) is 1.00. The lowest BCUT2D eigenvalue weighted by Gasteiger charge is -2.36. The van der Waals surface area contributed by atoms with Crippen LogP contribution in [0.25, 0.3) is 0 Å². The summed E-state index contributed by atoms with van der Waals surface area (Å²) in [6, 6.07) is 8.14. The van der Waals surface area contributed by atoms with Crippen molar-refractivity contribution in [2.24, 2.45) is 0 Å². The van der Waals surface area contributed by atoms with E-state index < -0.39 is 8.07 Å². The van der Waals surface area contributed by atoms with Crippen molar-refractivity contribution in [2.45, 2.75) is 75.8 Å². The Morgan fingerprint density at radius 1 is 1.00 bits per heavy atom. The summed E-state index contributed by atoms with van der Waals surface area (Å²) in [4.78, 5) is 0. The van der Waals surface area contributed by atoms with Crippen LogP contribution in [0, 0.1) is 0 Å². The Morgan fingerprint density at radius 2 is 1.57 bits per heavy atom. The first-order chi connectivity index (χ1) is 6.70. The van der Waals surface area contributed by atoms with Crippen LogP contribution < -0.4 is 5.32 Å². The zero-order valence-electron chi connectivity index (χ0n) is 9.81. The van der Waals surface area contributed by atoms with Gasteiger partial charge in [0.1, 0.15) is 0 Å². The van der Waals surface area contributed by atoms with E-state index in [-0.39, 0.29) is 0 Å². The van der Waals surface area contributed by atoms with Crippen LogP contribution in [0.3, 0.4) is 0 Å². The SMILES string of the molecule is CC(C)NC1CC[Si]2(CCCC2)CC1. The first-order valence-electron chi connectivity index (χ1n) is 6.46. The largest absolute Gasteiger partial charge is 0.312 e. The summed E-state index contributed by atoms with van der Waals surface area (Å²) in [5.74, 6) is 0. The van der Waals surface area contributed by atoms with Gasteiger partial charge in [-0.25, -0.2) is 0 Å². The predicted molar refractivity (Wildman–Crippen MR) is 65.5 cm³/mol. The van der Waals surface area contributed by atoms with E-state index in [1.54, 1.807) is 37.0 Å². The Kier molecular flexibility index (Phi) is 3.33. The summed E-state index contributed by atoms with van der Waals surface area (Å²) >= 11 is 0. The second-order valence-corrected chi connectivity index (χ2v) is 10.8. The third kappa shape index (κ3) is 2.40. The molecule has 2 heteroatoms. The van der Waals surface area contributed by atoms with Crippen LogP contribution >= 0.6 is 0 Å². The van der Waals surface area contributed by atoms with Gasteiger partial charge < -0.3 is 5.32 Å². The maximum atomic E-state index is 3.71. The molecule has 1 nitrogen and oxygen atoms in total. The molecule has 82 valence electrons. The summed E-state index contributed by atoms with van der Waals surface area (Å²) in [5, 5.41) is 3.71. The minimum absolute atomic E-state index is 0.652. The van der Waals surface area contributed by atoms with Crippen molar-refractivity contribution in [3.8, 4) is 0 Å². The average molecular weight is 211 g/mol. The van der Waals surface area contributed by atoms with Crippen molar-refractivity contribution in [3.63, 3.8) is 0 Å². The van der Waals surface area contributed by atoms with Gasteiger partial charge in [-0.15, -0.1) is 0 Å². The molecule has 0 saturated carbocycles. The molecule has 2 aliphatic rings. The number of hydrogen-bond donors (Lipinski definition) is 1. The standard InChI is InChI=1S/C12H25NSi/c1-11(2)13-12-5-9-14(10-6-12)7-3-4-8-14/h11-13H,3-10H2,1-2H3. The number of nitrogens with one attached hydrogen (secondary N) is 1. The summed E-state index contributed by atoms with van der Waals surface area (Å²) in [7, 11) is -0.652. The Hall–Kier alpha value is 0.177. The van der Waals surface area contributed by atoms with Crippen molar-refractivity contribution in [1.29, 1.82) is 0 Å². The molecular formula is C12H25NSi. The molecule has 2 heterocycles. The Balaban J connectivity index is 1.79. The summed E-state index contributed by atoms with van der Waals surface area (Å²) in [5.41, 5.74) is 0. The highest BCUT2D eigenvalue weighted by molar-refractivity contribution is 6.80. The smallest absolute Gasteiger partial charge is 0.0537 e. The molecule has 14 heavy (non-hydrogen) atoms. The monoisotopic (exact) mass is 211 g/mol. The third-order valence-electron chi connectivity index (χ3n) is 4.28. The van der Waals surface area contributed by atoms with Gasteiger partial charge in [-0.1, -0.05) is 50.9 Å². The van der Waals surface area contributed by atoms with Crippen LogP contribution in [0.15, 0.2) is 0 Å². The van der Waals surface area contributed by atoms with Crippen molar-refractivity contribution in [1.82, 2.24) is 5.32 Å². The van der Waals surface area contributed by atoms with Gasteiger partial charge in [-0.3, -0.25) is 0 Å². The second-order valence-electron chi connectivity index (χ2n) is 5.80. The van der Waals surface area contributed by atoms with E-state index >= 15 is 0 Å². The van der Waals surface area contributed by atoms with Crippen LogP contribution in [0.2, 0.25) is 24.2 Å². The zero-order valence-corrected chi connectivity index (χ0v) is 10.8. The van der Waals surface area contributed by atoms with Crippen molar-refractivity contribution >= 4 is 8.07 Å². The molecule has 0 atom stereocenters. The maximum absolute atomic E-state index is 3.71. The first-order valence-corrected chi connectivity index (χ1v) is 9.29. The zero-order chi connectivity index (χ0) is 10.0. The molecule has 2 saturated heterocycles. The molecule has 1 N–H and O–H groups in total. The van der Waals surface area contributed by atoms with E-state index in [0.29, 0.717) is 6.04 Å². The maximum Gasteiger partial charge on any atom is 0.0537 e. The van der Waals surface area contributed by atoms with Gasteiger partial charge in [-0.2, -0.15) is 0 Å². The normalized spacial score (nSPS) is 27.6. The molecule has 0 aromatic carbocycles. The first kappa shape index (κ1) is 10.7. The molecule has 0 aliphatic carbocycles. The third-order valence-corrected chi connectivity index (χ3v) is 9.81. The molecule has 0 radical (unpaired) electrons. The lowest BCUT2D eigenvalue weighted by molar-refractivity contribution is 0.425. The van der Waals surface area contributed by atoms with Gasteiger partial charge in [-0.05, 0) is 12.8 Å². The fourth-order valence-corrected chi connectivity index (χ4v) is 8.91. The van der Waals surface area contributed by atoms with Crippen molar-refractivity contribution < 1.29 is 0 Å². The van der Waals surface area contributed by atoms with E-state index in [2.05, 4.69) is 19.2 Å². The Labute approximate surface area is 89.7 Å². The summed E-state index contributed by atoms with van der Waals surface area (Å²) in [6.45, 7) is 4.55. The highest BCUT2D eigenvalue weighted by Gasteiger charge is 2.39. The predicted octanol–water partition coefficient (Wildman–Crippen LogP) is 3.39. The van der Waals surface area contributed by atoms with Crippen LogP contribution in [-0.4, -0.2) is 20.2 Å². The van der Waals surface area contributed by atoms with E-state index in [1.807, 2.05) is 0 Å². The quantitative estimate of drug-likeness (QED) is 0.690. The van der Waals surface area contributed by atoms with Gasteiger partial charge in [0.25, 0.3) is 0 Å². The van der Waals surface area contributed by atoms with Crippen LogP contribution in [0.5, 0.6) is 0 Å². The topological polar surface area (TPSA) is 12.0 Å². The molecular weight excluding hydrogens is 186 g/mol. The average Bonchev–Trinajstić information content (AvgIpc) is 2.58. The van der Waals surface area contributed by atoms with Crippen LogP contribution in [-0.2, 0) is 0 Å².